The van der Waals surface area contributed by atoms with Gasteiger partial charge in [-0.15, -0.1) is 0 Å². The molecule has 0 aliphatic heterocycles. The molecule has 1 aromatic heterocycles. The lowest BCUT2D eigenvalue weighted by molar-refractivity contribution is 0.601. The number of hydrogen-bond donors (Lipinski definition) is 2. The molecule has 0 aliphatic rings. The van der Waals surface area contributed by atoms with E-state index < -0.39 is 10.0 Å². The lowest BCUT2D eigenvalue weighted by Gasteiger charge is -2.07. The molecular weight excluding hydrogens is 424 g/mol. The normalized spacial score (nSPS) is 11.7. The Morgan fingerprint density at radius 3 is 2.34 bits per heavy atom. The number of aliphatic imine (C=N–C) groups is 1. The van der Waals surface area contributed by atoms with Gasteiger partial charge in [-0.2, -0.15) is 0 Å². The molecule has 0 atom stereocenters. The molecule has 0 unspecified atom stereocenters. The van der Waals surface area contributed by atoms with Crippen molar-refractivity contribution in [2.24, 2.45) is 4.99 Å². The van der Waals surface area contributed by atoms with E-state index in [1.54, 1.807) is 43.3 Å². The number of para-hydroxylation sites is 1. The molecular formula is C24H22N4O3S. The molecule has 0 aliphatic carbocycles. The highest BCUT2D eigenvalue weighted by Crippen LogP contribution is 2.19. The van der Waals surface area contributed by atoms with Crippen LogP contribution in [-0.2, 0) is 10.0 Å². The Kier molecular flexibility index (Phi) is 5.79. The summed E-state index contributed by atoms with van der Waals surface area (Å²) in [5, 5.41) is 3.07. The second kappa shape index (κ2) is 8.68. The predicted molar refractivity (Wildman–Crippen MR) is 127 cm³/mol. The lowest BCUT2D eigenvalue weighted by Crippen LogP contribution is -2.17. The van der Waals surface area contributed by atoms with Crippen molar-refractivity contribution >= 4 is 27.6 Å². The van der Waals surface area contributed by atoms with Gasteiger partial charge in [-0.05, 0) is 67.9 Å². The maximum absolute atomic E-state index is 12.8. The van der Waals surface area contributed by atoms with Crippen molar-refractivity contribution in [2.45, 2.75) is 18.7 Å². The molecule has 0 radical (unpaired) electrons. The smallest absolute Gasteiger partial charge is 0.280 e. The van der Waals surface area contributed by atoms with E-state index in [4.69, 9.17) is 0 Å². The van der Waals surface area contributed by atoms with Gasteiger partial charge in [0.05, 0.1) is 21.8 Å². The summed E-state index contributed by atoms with van der Waals surface area (Å²) >= 11 is 0. The van der Waals surface area contributed by atoms with Crippen LogP contribution in [0, 0.1) is 13.8 Å². The Balaban J connectivity index is 1.55. The number of aryl methyl sites for hydroxylation is 2. The Labute approximate surface area is 186 Å². The van der Waals surface area contributed by atoms with E-state index in [2.05, 4.69) is 14.8 Å². The number of sulfonamides is 1. The lowest BCUT2D eigenvalue weighted by atomic mass is 10.2. The first-order chi connectivity index (χ1) is 15.3. The van der Waals surface area contributed by atoms with Crippen LogP contribution in [0.5, 0.6) is 0 Å². The highest BCUT2D eigenvalue weighted by atomic mass is 32.2. The monoisotopic (exact) mass is 446 g/mol. The number of hydrogen-bond acceptors (Lipinski definition) is 4. The van der Waals surface area contributed by atoms with Crippen LogP contribution in [0.3, 0.4) is 0 Å². The highest BCUT2D eigenvalue weighted by Gasteiger charge is 2.14. The van der Waals surface area contributed by atoms with E-state index in [0.29, 0.717) is 22.6 Å². The molecule has 0 amide bonds. The van der Waals surface area contributed by atoms with E-state index in [0.717, 1.165) is 11.3 Å². The zero-order chi connectivity index (χ0) is 22.7. The van der Waals surface area contributed by atoms with Crippen molar-refractivity contribution in [1.82, 2.24) is 9.78 Å². The van der Waals surface area contributed by atoms with E-state index in [-0.39, 0.29) is 10.5 Å². The standard InChI is InChI=1S/C24H22N4O3S/c1-17-7-6-10-21(15-17)28-24(29)23(18(2)26-28)16-25-19-11-13-22(14-12-19)32(30,31)27-20-8-4-3-5-9-20/h3-16,26-27H,1-2H3. The summed E-state index contributed by atoms with van der Waals surface area (Å²) in [6, 6.07) is 22.5. The van der Waals surface area contributed by atoms with Gasteiger partial charge in [-0.1, -0.05) is 30.3 Å². The molecule has 162 valence electrons. The topological polar surface area (TPSA) is 96.3 Å². The molecule has 1 heterocycles. The maximum Gasteiger partial charge on any atom is 0.280 e. The first kappa shape index (κ1) is 21.3. The maximum atomic E-state index is 12.8. The largest absolute Gasteiger partial charge is 0.295 e. The molecule has 4 rings (SSSR count). The van der Waals surface area contributed by atoms with Crippen molar-refractivity contribution in [3.8, 4) is 5.69 Å². The van der Waals surface area contributed by atoms with Crippen LogP contribution in [0.15, 0.2) is 93.5 Å². The van der Waals surface area contributed by atoms with Crippen LogP contribution in [0.25, 0.3) is 5.69 Å². The van der Waals surface area contributed by atoms with Crippen LogP contribution < -0.4 is 10.3 Å². The second-order valence-corrected chi connectivity index (χ2v) is 9.04. The summed E-state index contributed by atoms with van der Waals surface area (Å²) in [5.41, 5.74) is 3.74. The van der Waals surface area contributed by atoms with Gasteiger partial charge in [0, 0.05) is 17.6 Å². The summed E-state index contributed by atoms with van der Waals surface area (Å²) in [6.07, 6.45) is 1.49. The molecule has 32 heavy (non-hydrogen) atoms. The minimum atomic E-state index is -3.70. The van der Waals surface area contributed by atoms with Gasteiger partial charge >= 0.3 is 0 Å². The number of aromatic nitrogens is 2. The summed E-state index contributed by atoms with van der Waals surface area (Å²) in [4.78, 5) is 17.3. The Bertz CT molecular complexity index is 1430. The van der Waals surface area contributed by atoms with Crippen molar-refractivity contribution in [2.75, 3.05) is 4.72 Å². The first-order valence-corrected chi connectivity index (χ1v) is 11.4. The number of rotatable bonds is 6. The molecule has 0 saturated heterocycles. The molecule has 0 fully saturated rings. The summed E-state index contributed by atoms with van der Waals surface area (Å²) < 4.78 is 29.1. The summed E-state index contributed by atoms with van der Waals surface area (Å²) in [5.74, 6) is 0. The zero-order valence-corrected chi connectivity index (χ0v) is 18.4. The van der Waals surface area contributed by atoms with E-state index in [1.165, 1.54) is 23.0 Å². The third-order valence-corrected chi connectivity index (χ3v) is 6.29. The SMILES string of the molecule is Cc1cccc(-n2[nH]c(C)c(C=Nc3ccc(S(=O)(=O)Nc4ccccc4)cc3)c2=O)c1. The Morgan fingerprint density at radius 1 is 0.938 bits per heavy atom. The zero-order valence-electron chi connectivity index (χ0n) is 17.6. The number of benzene rings is 3. The minimum Gasteiger partial charge on any atom is -0.295 e. The van der Waals surface area contributed by atoms with Crippen LogP contribution in [0.2, 0.25) is 0 Å². The number of H-pyrrole nitrogens is 1. The fourth-order valence-corrected chi connectivity index (χ4v) is 4.29. The van der Waals surface area contributed by atoms with Gasteiger partial charge in [0.1, 0.15) is 0 Å². The third kappa shape index (κ3) is 4.55. The Morgan fingerprint density at radius 2 is 1.66 bits per heavy atom. The van der Waals surface area contributed by atoms with Crippen molar-refractivity contribution < 1.29 is 8.42 Å². The van der Waals surface area contributed by atoms with E-state index in [1.807, 2.05) is 37.3 Å². The summed E-state index contributed by atoms with van der Waals surface area (Å²) in [7, 11) is -3.70. The highest BCUT2D eigenvalue weighted by molar-refractivity contribution is 7.92. The first-order valence-electron chi connectivity index (χ1n) is 9.94. The van der Waals surface area contributed by atoms with E-state index >= 15 is 0 Å². The van der Waals surface area contributed by atoms with Gasteiger partial charge in [0.25, 0.3) is 15.6 Å². The molecule has 2 N–H and O–H groups in total. The van der Waals surface area contributed by atoms with Crippen LogP contribution in [0.4, 0.5) is 11.4 Å². The molecule has 0 saturated carbocycles. The Hall–Kier alpha value is -3.91. The predicted octanol–water partition coefficient (Wildman–Crippen LogP) is 4.33. The van der Waals surface area contributed by atoms with Gasteiger partial charge in [-0.3, -0.25) is 19.6 Å². The van der Waals surface area contributed by atoms with Gasteiger partial charge in [0.2, 0.25) is 0 Å². The van der Waals surface area contributed by atoms with Crippen LogP contribution in [-0.4, -0.2) is 24.4 Å². The fourth-order valence-electron chi connectivity index (χ4n) is 3.23. The molecule has 0 bridgehead atoms. The van der Waals surface area contributed by atoms with Crippen molar-refractivity contribution in [3.05, 3.63) is 106 Å². The summed E-state index contributed by atoms with van der Waals surface area (Å²) in [6.45, 7) is 3.77. The molecule has 4 aromatic rings. The minimum absolute atomic E-state index is 0.125. The van der Waals surface area contributed by atoms with Crippen molar-refractivity contribution in [3.63, 3.8) is 0 Å². The number of anilines is 1. The number of nitrogens with zero attached hydrogens (tertiary/aromatic N) is 2. The van der Waals surface area contributed by atoms with Gasteiger partial charge < -0.3 is 0 Å². The molecule has 8 heteroatoms. The number of nitrogens with one attached hydrogen (secondary N) is 2. The number of aromatic amines is 1. The fraction of sp³-hybridized carbons (Fsp3) is 0.0833. The average molecular weight is 447 g/mol. The molecule has 7 nitrogen and oxygen atoms in total. The van der Waals surface area contributed by atoms with Crippen LogP contribution >= 0.6 is 0 Å². The van der Waals surface area contributed by atoms with Gasteiger partial charge in [-0.25, -0.2) is 13.1 Å². The average Bonchev–Trinajstić information content (AvgIpc) is 3.06. The quantitative estimate of drug-likeness (QED) is 0.431. The molecule has 3 aromatic carbocycles. The third-order valence-electron chi connectivity index (χ3n) is 4.89. The van der Waals surface area contributed by atoms with Gasteiger partial charge in [0.15, 0.2) is 0 Å². The van der Waals surface area contributed by atoms with Crippen molar-refractivity contribution in [1.29, 1.82) is 0 Å². The second-order valence-electron chi connectivity index (χ2n) is 7.35. The van der Waals surface area contributed by atoms with Crippen LogP contribution in [0.1, 0.15) is 16.8 Å². The molecule has 0 spiro atoms. The van der Waals surface area contributed by atoms with E-state index in [9.17, 15) is 13.2 Å².